The minimum Gasteiger partial charge on any atom is -0.468 e. The summed E-state index contributed by atoms with van der Waals surface area (Å²) in [6.45, 7) is 3.39. The van der Waals surface area contributed by atoms with Crippen molar-refractivity contribution in [3.8, 4) is 0 Å². The van der Waals surface area contributed by atoms with Gasteiger partial charge >= 0.3 is 5.97 Å². The Bertz CT molecular complexity index is 319. The monoisotopic (exact) mass is 247 g/mol. The Morgan fingerprint density at radius 2 is 2.38 bits per heavy atom. The van der Waals surface area contributed by atoms with Gasteiger partial charge in [-0.3, -0.25) is 0 Å². The number of oxazole rings is 1. The number of aromatic nitrogens is 1. The first-order valence-electron chi connectivity index (χ1n) is 3.68. The van der Waals surface area contributed by atoms with Crippen LogP contribution >= 0.6 is 15.9 Å². The zero-order valence-corrected chi connectivity index (χ0v) is 9.21. The molecule has 13 heavy (non-hydrogen) atoms. The fourth-order valence-corrected chi connectivity index (χ4v) is 1.20. The second kappa shape index (κ2) is 3.49. The van der Waals surface area contributed by atoms with Gasteiger partial charge in [0.2, 0.25) is 5.89 Å². The van der Waals surface area contributed by atoms with E-state index < -0.39 is 10.3 Å². The molecular weight excluding hydrogens is 238 g/mol. The molecule has 0 aromatic carbocycles. The molecule has 0 bridgehead atoms. The molecule has 1 atom stereocenters. The topological polar surface area (TPSA) is 52.3 Å². The summed E-state index contributed by atoms with van der Waals surface area (Å²) in [6.07, 6.45) is 1.55. The van der Waals surface area contributed by atoms with Crippen molar-refractivity contribution in [1.82, 2.24) is 4.98 Å². The lowest BCUT2D eigenvalue weighted by atomic mass is 10.2. The number of carbonyl (C=O) groups excluding carboxylic acids is 1. The van der Waals surface area contributed by atoms with Crippen molar-refractivity contribution in [3.05, 3.63) is 17.8 Å². The number of carbonyl (C=O) groups is 1. The van der Waals surface area contributed by atoms with Crippen LogP contribution in [0.1, 0.15) is 18.6 Å². The van der Waals surface area contributed by atoms with Crippen molar-refractivity contribution in [2.45, 2.75) is 18.2 Å². The molecule has 5 heteroatoms. The molecule has 0 N–H and O–H groups in total. The van der Waals surface area contributed by atoms with Gasteiger partial charge in [-0.25, -0.2) is 9.78 Å². The molecule has 0 spiro atoms. The Labute approximate surface area is 84.4 Å². The predicted octanol–water partition coefficient (Wildman–Crippen LogP) is 1.77. The van der Waals surface area contributed by atoms with Crippen LogP contribution in [0.25, 0.3) is 0 Å². The molecule has 0 saturated carbocycles. The Hall–Kier alpha value is -0.840. The van der Waals surface area contributed by atoms with Crippen LogP contribution in [0.2, 0.25) is 0 Å². The lowest BCUT2D eigenvalue weighted by Gasteiger charge is -2.14. The fourth-order valence-electron chi connectivity index (χ4n) is 0.851. The number of methoxy groups -OCH3 is 1. The maximum absolute atomic E-state index is 11.3. The number of esters is 1. The molecule has 0 radical (unpaired) electrons. The summed E-state index contributed by atoms with van der Waals surface area (Å²) in [5.41, 5.74) is 0. The standard InChI is InChI=1S/C8H10BrNO3/c1-5-4-10-6(13-5)8(2,9)7(11)12-3/h4H,1-3H3/t8-/m1/s1. The van der Waals surface area contributed by atoms with E-state index in [1.165, 1.54) is 7.11 Å². The van der Waals surface area contributed by atoms with Crippen molar-refractivity contribution < 1.29 is 13.9 Å². The summed E-state index contributed by atoms with van der Waals surface area (Å²) >= 11 is 3.20. The molecule has 1 heterocycles. The third-order valence-corrected chi connectivity index (χ3v) is 2.25. The highest BCUT2D eigenvalue weighted by Crippen LogP contribution is 2.31. The van der Waals surface area contributed by atoms with Gasteiger partial charge in [-0.15, -0.1) is 0 Å². The number of halogens is 1. The molecule has 0 amide bonds. The lowest BCUT2D eigenvalue weighted by Crippen LogP contribution is -2.27. The highest BCUT2D eigenvalue weighted by Gasteiger charge is 2.38. The molecule has 0 aliphatic carbocycles. The van der Waals surface area contributed by atoms with Crippen LogP contribution < -0.4 is 0 Å². The van der Waals surface area contributed by atoms with E-state index in [0.717, 1.165) is 0 Å². The molecule has 0 aliphatic heterocycles. The number of ether oxygens (including phenoxy) is 1. The third kappa shape index (κ3) is 1.91. The van der Waals surface area contributed by atoms with Gasteiger partial charge in [-0.05, 0) is 13.8 Å². The van der Waals surface area contributed by atoms with Crippen LogP contribution in [-0.4, -0.2) is 18.1 Å². The summed E-state index contributed by atoms with van der Waals surface area (Å²) in [4.78, 5) is 15.2. The minimum absolute atomic E-state index is 0.303. The summed E-state index contributed by atoms with van der Waals surface area (Å²) in [5.74, 6) is 0.524. The molecule has 1 aromatic rings. The van der Waals surface area contributed by atoms with E-state index in [1.54, 1.807) is 20.0 Å². The van der Waals surface area contributed by atoms with Gasteiger partial charge in [0.1, 0.15) is 5.76 Å². The van der Waals surface area contributed by atoms with E-state index in [9.17, 15) is 4.79 Å². The molecule has 72 valence electrons. The zero-order valence-electron chi connectivity index (χ0n) is 7.63. The smallest absolute Gasteiger partial charge is 0.331 e. The second-order valence-corrected chi connectivity index (χ2v) is 4.36. The number of hydrogen-bond acceptors (Lipinski definition) is 4. The third-order valence-electron chi connectivity index (χ3n) is 1.59. The average molecular weight is 248 g/mol. The van der Waals surface area contributed by atoms with E-state index in [-0.39, 0.29) is 0 Å². The maximum Gasteiger partial charge on any atom is 0.331 e. The summed E-state index contributed by atoms with van der Waals surface area (Å²) < 4.78 is 8.80. The van der Waals surface area contributed by atoms with Crippen LogP contribution in [0.3, 0.4) is 0 Å². The highest BCUT2D eigenvalue weighted by atomic mass is 79.9. The number of alkyl halides is 1. The number of hydrogen-bond donors (Lipinski definition) is 0. The lowest BCUT2D eigenvalue weighted by molar-refractivity contribution is -0.143. The van der Waals surface area contributed by atoms with Crippen LogP contribution in [0.5, 0.6) is 0 Å². The highest BCUT2D eigenvalue weighted by molar-refractivity contribution is 9.10. The Morgan fingerprint density at radius 1 is 1.77 bits per heavy atom. The molecule has 1 rings (SSSR count). The van der Waals surface area contributed by atoms with Crippen LogP contribution in [0, 0.1) is 6.92 Å². The first kappa shape index (κ1) is 10.2. The van der Waals surface area contributed by atoms with Crippen LogP contribution in [-0.2, 0) is 13.9 Å². The van der Waals surface area contributed by atoms with E-state index >= 15 is 0 Å². The van der Waals surface area contributed by atoms with Gasteiger partial charge in [-0.1, -0.05) is 15.9 Å². The molecule has 1 aromatic heterocycles. The van der Waals surface area contributed by atoms with Crippen LogP contribution in [0.15, 0.2) is 10.6 Å². The average Bonchev–Trinajstić information content (AvgIpc) is 2.50. The van der Waals surface area contributed by atoms with Crippen molar-refractivity contribution in [2.24, 2.45) is 0 Å². The van der Waals surface area contributed by atoms with Crippen molar-refractivity contribution in [3.63, 3.8) is 0 Å². The summed E-state index contributed by atoms with van der Waals surface area (Å²) in [6, 6.07) is 0. The Morgan fingerprint density at radius 3 is 2.77 bits per heavy atom. The molecule has 4 nitrogen and oxygen atoms in total. The van der Waals surface area contributed by atoms with E-state index in [4.69, 9.17) is 4.42 Å². The molecular formula is C8H10BrNO3. The number of nitrogens with zero attached hydrogens (tertiary/aromatic N) is 1. The molecule has 0 fully saturated rings. The van der Waals surface area contributed by atoms with Crippen molar-refractivity contribution in [2.75, 3.05) is 7.11 Å². The van der Waals surface area contributed by atoms with Gasteiger partial charge in [-0.2, -0.15) is 0 Å². The molecule has 0 unspecified atom stereocenters. The molecule has 0 aliphatic rings. The predicted molar refractivity (Wildman–Crippen MR) is 49.5 cm³/mol. The van der Waals surface area contributed by atoms with Crippen molar-refractivity contribution in [1.29, 1.82) is 0 Å². The van der Waals surface area contributed by atoms with E-state index in [2.05, 4.69) is 25.7 Å². The SMILES string of the molecule is COC(=O)[C@](C)(Br)c1ncc(C)o1. The summed E-state index contributed by atoms with van der Waals surface area (Å²) in [5, 5.41) is 0. The van der Waals surface area contributed by atoms with E-state index in [0.29, 0.717) is 11.7 Å². The normalized spacial score (nSPS) is 15.1. The Kier molecular flexibility index (Phi) is 2.75. The van der Waals surface area contributed by atoms with Gasteiger partial charge in [0.25, 0.3) is 0 Å². The van der Waals surface area contributed by atoms with Crippen LogP contribution in [0.4, 0.5) is 0 Å². The molecule has 0 saturated heterocycles. The largest absolute Gasteiger partial charge is 0.468 e. The van der Waals surface area contributed by atoms with Crippen molar-refractivity contribution >= 4 is 21.9 Å². The fraction of sp³-hybridized carbons (Fsp3) is 0.500. The van der Waals surface area contributed by atoms with Gasteiger partial charge < -0.3 is 9.15 Å². The number of rotatable bonds is 2. The first-order valence-corrected chi connectivity index (χ1v) is 4.48. The number of aryl methyl sites for hydroxylation is 1. The first-order chi connectivity index (χ1) is 5.98. The zero-order chi connectivity index (χ0) is 10.1. The Balaban J connectivity index is 2.99. The minimum atomic E-state index is -1.00. The quantitative estimate of drug-likeness (QED) is 0.591. The van der Waals surface area contributed by atoms with E-state index in [1.807, 2.05) is 0 Å². The second-order valence-electron chi connectivity index (χ2n) is 2.77. The van der Waals surface area contributed by atoms with Gasteiger partial charge in [0.05, 0.1) is 13.3 Å². The van der Waals surface area contributed by atoms with Gasteiger partial charge in [0.15, 0.2) is 4.32 Å². The van der Waals surface area contributed by atoms with Gasteiger partial charge in [0, 0.05) is 0 Å². The summed E-state index contributed by atoms with van der Waals surface area (Å²) in [7, 11) is 1.32. The maximum atomic E-state index is 11.3.